The summed E-state index contributed by atoms with van der Waals surface area (Å²) < 4.78 is 32.4. The Balaban J connectivity index is 2.10. The monoisotopic (exact) mass is 354 g/mol. The van der Waals surface area contributed by atoms with Crippen LogP contribution in [0.25, 0.3) is 0 Å². The fraction of sp³-hybridized carbons (Fsp3) is 0.588. The van der Waals surface area contributed by atoms with Gasteiger partial charge in [0.25, 0.3) is 0 Å². The van der Waals surface area contributed by atoms with Crippen LogP contribution in [0.4, 0.5) is 0 Å². The minimum atomic E-state index is -3.55. The number of carbonyl (C=O) groups excluding carboxylic acids is 1. The minimum Gasteiger partial charge on any atom is -0.494 e. The fourth-order valence-corrected chi connectivity index (χ4v) is 4.21. The van der Waals surface area contributed by atoms with Crippen LogP contribution < -0.4 is 4.74 Å². The van der Waals surface area contributed by atoms with Gasteiger partial charge in [-0.15, -0.1) is 0 Å². The van der Waals surface area contributed by atoms with E-state index in [1.165, 1.54) is 4.31 Å². The molecule has 1 fully saturated rings. The van der Waals surface area contributed by atoms with Crippen molar-refractivity contribution >= 4 is 15.9 Å². The SMILES string of the molecule is CCOc1ccc(S(=O)(=O)N2CCCN(C(=O)C(C)C)CC2)cc1. The number of hydrogen-bond acceptors (Lipinski definition) is 4. The molecule has 1 heterocycles. The molecule has 0 radical (unpaired) electrons. The molecule has 0 bridgehead atoms. The topological polar surface area (TPSA) is 66.9 Å². The number of rotatable bonds is 5. The van der Waals surface area contributed by atoms with Crippen LogP contribution in [0.15, 0.2) is 29.2 Å². The van der Waals surface area contributed by atoms with Gasteiger partial charge in [0, 0.05) is 32.1 Å². The van der Waals surface area contributed by atoms with Gasteiger partial charge in [-0.3, -0.25) is 4.79 Å². The van der Waals surface area contributed by atoms with Crippen LogP contribution in [0.5, 0.6) is 5.75 Å². The average molecular weight is 354 g/mol. The van der Waals surface area contributed by atoms with E-state index in [0.29, 0.717) is 45.0 Å². The fourth-order valence-electron chi connectivity index (χ4n) is 2.74. The number of sulfonamides is 1. The molecule has 0 N–H and O–H groups in total. The van der Waals surface area contributed by atoms with Crippen molar-refractivity contribution in [3.05, 3.63) is 24.3 Å². The molecule has 1 amide bonds. The second-order valence-corrected chi connectivity index (χ2v) is 8.08. The van der Waals surface area contributed by atoms with Crippen molar-refractivity contribution in [2.24, 2.45) is 5.92 Å². The van der Waals surface area contributed by atoms with Crippen molar-refractivity contribution in [1.82, 2.24) is 9.21 Å². The van der Waals surface area contributed by atoms with Crippen molar-refractivity contribution in [3.63, 3.8) is 0 Å². The Labute approximate surface area is 144 Å². The summed E-state index contributed by atoms with van der Waals surface area (Å²) in [5.41, 5.74) is 0. The predicted molar refractivity (Wildman–Crippen MR) is 92.4 cm³/mol. The lowest BCUT2D eigenvalue weighted by molar-refractivity contribution is -0.134. The van der Waals surface area contributed by atoms with E-state index in [2.05, 4.69) is 0 Å². The van der Waals surface area contributed by atoms with Gasteiger partial charge in [-0.25, -0.2) is 8.42 Å². The maximum Gasteiger partial charge on any atom is 0.243 e. The molecule has 1 aliphatic heterocycles. The van der Waals surface area contributed by atoms with Crippen molar-refractivity contribution in [2.45, 2.75) is 32.1 Å². The average Bonchev–Trinajstić information content (AvgIpc) is 2.81. The molecule has 1 aliphatic rings. The van der Waals surface area contributed by atoms with E-state index in [1.54, 1.807) is 29.2 Å². The summed E-state index contributed by atoms with van der Waals surface area (Å²) in [6.45, 7) is 7.94. The summed E-state index contributed by atoms with van der Waals surface area (Å²) in [4.78, 5) is 14.1. The Hall–Kier alpha value is -1.60. The molecule has 0 unspecified atom stereocenters. The van der Waals surface area contributed by atoms with Crippen molar-refractivity contribution in [2.75, 3.05) is 32.8 Å². The highest BCUT2D eigenvalue weighted by Gasteiger charge is 2.28. The van der Waals surface area contributed by atoms with Gasteiger partial charge in [0.15, 0.2) is 0 Å². The molecule has 0 aliphatic carbocycles. The van der Waals surface area contributed by atoms with E-state index in [1.807, 2.05) is 20.8 Å². The lowest BCUT2D eigenvalue weighted by atomic mass is 10.2. The van der Waals surface area contributed by atoms with E-state index in [-0.39, 0.29) is 16.7 Å². The lowest BCUT2D eigenvalue weighted by Crippen LogP contribution is -2.38. The molecular formula is C17H26N2O4S. The second-order valence-electron chi connectivity index (χ2n) is 6.14. The zero-order chi connectivity index (χ0) is 17.7. The molecule has 1 aromatic rings. The summed E-state index contributed by atoms with van der Waals surface area (Å²) in [5.74, 6) is 0.663. The normalized spacial score (nSPS) is 16.9. The lowest BCUT2D eigenvalue weighted by Gasteiger charge is -2.23. The molecular weight excluding hydrogens is 328 g/mol. The van der Waals surface area contributed by atoms with Gasteiger partial charge in [-0.1, -0.05) is 13.8 Å². The largest absolute Gasteiger partial charge is 0.494 e. The van der Waals surface area contributed by atoms with Crippen molar-refractivity contribution in [3.8, 4) is 5.75 Å². The smallest absolute Gasteiger partial charge is 0.243 e. The molecule has 134 valence electrons. The van der Waals surface area contributed by atoms with Crippen LogP contribution >= 0.6 is 0 Å². The van der Waals surface area contributed by atoms with Crippen molar-refractivity contribution < 1.29 is 17.9 Å². The third-order valence-electron chi connectivity index (χ3n) is 4.03. The van der Waals surface area contributed by atoms with E-state index in [9.17, 15) is 13.2 Å². The molecule has 0 saturated carbocycles. The molecule has 1 aromatic carbocycles. The Bertz CT molecular complexity index is 656. The zero-order valence-electron chi connectivity index (χ0n) is 14.6. The molecule has 0 atom stereocenters. The van der Waals surface area contributed by atoms with Gasteiger partial charge in [0.1, 0.15) is 5.75 Å². The van der Waals surface area contributed by atoms with Crippen molar-refractivity contribution in [1.29, 1.82) is 0 Å². The van der Waals surface area contributed by atoms with E-state index < -0.39 is 10.0 Å². The Morgan fingerprint density at radius 3 is 2.38 bits per heavy atom. The molecule has 0 aromatic heterocycles. The number of benzene rings is 1. The minimum absolute atomic E-state index is 0.0701. The van der Waals surface area contributed by atoms with E-state index in [4.69, 9.17) is 4.74 Å². The quantitative estimate of drug-likeness (QED) is 0.811. The first kappa shape index (κ1) is 18.7. The maximum atomic E-state index is 12.8. The number of carbonyl (C=O) groups is 1. The Kier molecular flexibility index (Phi) is 6.23. The highest BCUT2D eigenvalue weighted by Crippen LogP contribution is 2.21. The van der Waals surface area contributed by atoms with Gasteiger partial charge in [-0.05, 0) is 37.6 Å². The molecule has 6 nitrogen and oxygen atoms in total. The predicted octanol–water partition coefficient (Wildman–Crippen LogP) is 1.96. The third-order valence-corrected chi connectivity index (χ3v) is 5.95. The van der Waals surface area contributed by atoms with Crippen LogP contribution in [-0.4, -0.2) is 56.3 Å². The molecule has 7 heteroatoms. The van der Waals surface area contributed by atoms with Crippen LogP contribution in [0.2, 0.25) is 0 Å². The standard InChI is InChI=1S/C17H26N2O4S/c1-4-23-15-6-8-16(9-7-15)24(21,22)19-11-5-10-18(12-13-19)17(20)14(2)3/h6-9,14H,4-5,10-13H2,1-3H3. The number of ether oxygens (including phenoxy) is 1. The number of nitrogens with zero attached hydrogens (tertiary/aromatic N) is 2. The summed E-state index contributed by atoms with van der Waals surface area (Å²) >= 11 is 0. The van der Waals surface area contributed by atoms with Crippen LogP contribution in [-0.2, 0) is 14.8 Å². The molecule has 0 spiro atoms. The van der Waals surface area contributed by atoms with Gasteiger partial charge in [-0.2, -0.15) is 4.31 Å². The third kappa shape index (κ3) is 4.27. The highest BCUT2D eigenvalue weighted by molar-refractivity contribution is 7.89. The van der Waals surface area contributed by atoms with Crippen LogP contribution in [0.3, 0.4) is 0 Å². The van der Waals surface area contributed by atoms with E-state index in [0.717, 1.165) is 0 Å². The molecule has 1 saturated heterocycles. The number of amides is 1. The summed E-state index contributed by atoms with van der Waals surface area (Å²) in [5, 5.41) is 0. The van der Waals surface area contributed by atoms with Crippen LogP contribution in [0.1, 0.15) is 27.2 Å². The van der Waals surface area contributed by atoms with Crippen LogP contribution in [0, 0.1) is 5.92 Å². The zero-order valence-corrected chi connectivity index (χ0v) is 15.4. The van der Waals surface area contributed by atoms with E-state index >= 15 is 0 Å². The first-order valence-corrected chi connectivity index (χ1v) is 9.82. The van der Waals surface area contributed by atoms with Gasteiger partial charge < -0.3 is 9.64 Å². The maximum absolute atomic E-state index is 12.8. The molecule has 2 rings (SSSR count). The first-order chi connectivity index (χ1) is 11.4. The summed E-state index contributed by atoms with van der Waals surface area (Å²) in [7, 11) is -3.55. The summed E-state index contributed by atoms with van der Waals surface area (Å²) in [6.07, 6.45) is 0.648. The Morgan fingerprint density at radius 2 is 1.79 bits per heavy atom. The molecule has 24 heavy (non-hydrogen) atoms. The van der Waals surface area contributed by atoms with Gasteiger partial charge in [0.05, 0.1) is 11.5 Å². The summed E-state index contributed by atoms with van der Waals surface area (Å²) in [6, 6.07) is 6.48. The first-order valence-electron chi connectivity index (χ1n) is 8.38. The van der Waals surface area contributed by atoms with Gasteiger partial charge >= 0.3 is 0 Å². The second kappa shape index (κ2) is 7.98. The number of hydrogen-bond donors (Lipinski definition) is 0. The highest BCUT2D eigenvalue weighted by atomic mass is 32.2. The Morgan fingerprint density at radius 1 is 1.12 bits per heavy atom. The van der Waals surface area contributed by atoms with Gasteiger partial charge in [0.2, 0.25) is 15.9 Å².